The van der Waals surface area contributed by atoms with Gasteiger partial charge in [-0.3, -0.25) is 5.32 Å². The summed E-state index contributed by atoms with van der Waals surface area (Å²) in [5.74, 6) is 0. The van der Waals surface area contributed by atoms with Crippen molar-refractivity contribution in [3.05, 3.63) is 10.6 Å². The Kier molecular flexibility index (Phi) is 4.62. The van der Waals surface area contributed by atoms with Gasteiger partial charge in [-0.15, -0.1) is 0 Å². The molecule has 7 heteroatoms. The minimum Gasteiger partial charge on any atom is -0.444 e. The topological polar surface area (TPSA) is 72.5 Å². The van der Waals surface area contributed by atoms with Gasteiger partial charge in [0.1, 0.15) is 11.7 Å². The van der Waals surface area contributed by atoms with Crippen LogP contribution >= 0.6 is 11.3 Å². The van der Waals surface area contributed by atoms with Crippen LogP contribution in [0.2, 0.25) is 0 Å². The molecule has 2 heterocycles. The average molecular weight is 299 g/mol. The molecule has 1 atom stereocenters. The molecule has 112 valence electrons. The Hall–Kier alpha value is -1.18. The van der Waals surface area contributed by atoms with Crippen LogP contribution in [0.3, 0.4) is 0 Å². The summed E-state index contributed by atoms with van der Waals surface area (Å²) in [7, 11) is 0. The average Bonchev–Trinajstić information content (AvgIpc) is 2.68. The van der Waals surface area contributed by atoms with Crippen LogP contribution in [0.25, 0.3) is 0 Å². The Bertz CT molecular complexity index is 476. The summed E-state index contributed by atoms with van der Waals surface area (Å²) < 4.78 is 10.9. The second-order valence-electron chi connectivity index (χ2n) is 5.66. The molecule has 1 aromatic heterocycles. The normalized spacial score (nSPS) is 19.7. The van der Waals surface area contributed by atoms with Crippen LogP contribution in [0.4, 0.5) is 9.93 Å². The van der Waals surface area contributed by atoms with Crippen molar-refractivity contribution < 1.29 is 14.3 Å². The summed E-state index contributed by atoms with van der Waals surface area (Å²) >= 11 is 1.43. The first-order valence-corrected chi connectivity index (χ1v) is 7.46. The zero-order valence-electron chi connectivity index (χ0n) is 12.3. The predicted octanol–water partition coefficient (Wildman–Crippen LogP) is 2.46. The van der Waals surface area contributed by atoms with Crippen LogP contribution in [0.1, 0.15) is 37.4 Å². The molecule has 1 aromatic rings. The third-order valence-corrected chi connectivity index (χ3v) is 3.83. The van der Waals surface area contributed by atoms with Crippen LogP contribution in [0.5, 0.6) is 0 Å². The first-order valence-electron chi connectivity index (χ1n) is 6.65. The second-order valence-corrected chi connectivity index (χ2v) is 6.69. The number of aryl methyl sites for hydroxylation is 1. The zero-order chi connectivity index (χ0) is 14.8. The Balaban J connectivity index is 2.01. The van der Waals surface area contributed by atoms with Gasteiger partial charge in [-0.1, -0.05) is 11.3 Å². The number of nitrogens with zero attached hydrogens (tertiary/aromatic N) is 1. The van der Waals surface area contributed by atoms with E-state index in [4.69, 9.17) is 9.47 Å². The summed E-state index contributed by atoms with van der Waals surface area (Å²) in [6, 6.07) is 0. The molecule has 0 aromatic carbocycles. The number of aromatic nitrogens is 1. The maximum absolute atomic E-state index is 11.7. The first-order chi connectivity index (χ1) is 9.35. The standard InChI is InChI=1S/C13H21N3O3S/c1-8-10(9-7-14-5-6-18-9)20-11(15-8)16-12(17)19-13(2,3)4/h9,14H,5-7H2,1-4H3,(H,15,16,17). The van der Waals surface area contributed by atoms with Crippen LogP contribution in [0.15, 0.2) is 0 Å². The number of anilines is 1. The molecular weight excluding hydrogens is 278 g/mol. The number of carbonyl (C=O) groups excluding carboxylic acids is 1. The molecule has 0 spiro atoms. The van der Waals surface area contributed by atoms with Gasteiger partial charge < -0.3 is 14.8 Å². The Labute approximate surface area is 122 Å². The van der Waals surface area contributed by atoms with Gasteiger partial charge in [0.25, 0.3) is 0 Å². The van der Waals surface area contributed by atoms with E-state index in [9.17, 15) is 4.79 Å². The fourth-order valence-corrected chi connectivity index (χ4v) is 2.89. The molecular formula is C13H21N3O3S. The number of rotatable bonds is 2. The Morgan fingerprint density at radius 2 is 2.30 bits per heavy atom. The van der Waals surface area contributed by atoms with Crippen molar-refractivity contribution in [1.82, 2.24) is 10.3 Å². The van der Waals surface area contributed by atoms with E-state index in [1.165, 1.54) is 11.3 Å². The number of hydrogen-bond acceptors (Lipinski definition) is 6. The number of hydrogen-bond donors (Lipinski definition) is 2. The zero-order valence-corrected chi connectivity index (χ0v) is 13.1. The number of morpholine rings is 1. The molecule has 2 N–H and O–H groups in total. The van der Waals surface area contributed by atoms with E-state index in [0.717, 1.165) is 23.7 Å². The van der Waals surface area contributed by atoms with Gasteiger partial charge in [-0.05, 0) is 27.7 Å². The molecule has 0 aliphatic carbocycles. The third kappa shape index (κ3) is 4.16. The highest BCUT2D eigenvalue weighted by atomic mass is 32.1. The number of nitrogens with one attached hydrogen (secondary N) is 2. The minimum absolute atomic E-state index is 0.00966. The monoisotopic (exact) mass is 299 g/mol. The van der Waals surface area contributed by atoms with Crippen molar-refractivity contribution in [2.75, 3.05) is 25.0 Å². The van der Waals surface area contributed by atoms with Crippen LogP contribution in [-0.2, 0) is 9.47 Å². The van der Waals surface area contributed by atoms with Gasteiger partial charge in [-0.2, -0.15) is 0 Å². The lowest BCUT2D eigenvalue weighted by Gasteiger charge is -2.22. The van der Waals surface area contributed by atoms with Crippen molar-refractivity contribution >= 4 is 22.6 Å². The van der Waals surface area contributed by atoms with Crippen molar-refractivity contribution in [2.45, 2.75) is 39.4 Å². The summed E-state index contributed by atoms with van der Waals surface area (Å²) in [4.78, 5) is 17.1. The summed E-state index contributed by atoms with van der Waals surface area (Å²) in [6.07, 6.45) is -0.476. The lowest BCUT2D eigenvalue weighted by atomic mass is 10.2. The largest absolute Gasteiger partial charge is 0.444 e. The lowest BCUT2D eigenvalue weighted by molar-refractivity contribution is 0.0295. The van der Waals surface area contributed by atoms with E-state index in [0.29, 0.717) is 11.7 Å². The SMILES string of the molecule is Cc1nc(NC(=O)OC(C)(C)C)sc1C1CNCCO1. The molecule has 2 rings (SSSR count). The van der Waals surface area contributed by atoms with Crippen molar-refractivity contribution in [3.63, 3.8) is 0 Å². The molecule has 0 radical (unpaired) electrons. The fourth-order valence-electron chi connectivity index (χ4n) is 1.89. The highest BCUT2D eigenvalue weighted by molar-refractivity contribution is 7.16. The first kappa shape index (κ1) is 15.2. The number of ether oxygens (including phenoxy) is 2. The fraction of sp³-hybridized carbons (Fsp3) is 0.692. The molecule has 0 saturated carbocycles. The van der Waals surface area contributed by atoms with E-state index in [2.05, 4.69) is 15.6 Å². The molecule has 1 amide bonds. The predicted molar refractivity (Wildman–Crippen MR) is 78.3 cm³/mol. The van der Waals surface area contributed by atoms with Crippen molar-refractivity contribution in [2.24, 2.45) is 0 Å². The van der Waals surface area contributed by atoms with Crippen LogP contribution < -0.4 is 10.6 Å². The summed E-state index contributed by atoms with van der Waals surface area (Å²) in [5.41, 5.74) is 0.366. The number of carbonyl (C=O) groups is 1. The summed E-state index contributed by atoms with van der Waals surface area (Å²) in [6.45, 7) is 9.74. The van der Waals surface area contributed by atoms with E-state index in [1.54, 1.807) is 0 Å². The minimum atomic E-state index is -0.518. The van der Waals surface area contributed by atoms with Gasteiger partial charge in [0.15, 0.2) is 5.13 Å². The maximum Gasteiger partial charge on any atom is 0.413 e. The van der Waals surface area contributed by atoms with Gasteiger partial charge in [0, 0.05) is 13.1 Å². The van der Waals surface area contributed by atoms with Gasteiger partial charge in [-0.25, -0.2) is 9.78 Å². The highest BCUT2D eigenvalue weighted by Crippen LogP contribution is 2.31. The lowest BCUT2D eigenvalue weighted by Crippen LogP contribution is -2.33. The van der Waals surface area contributed by atoms with Crippen molar-refractivity contribution in [3.8, 4) is 0 Å². The smallest absolute Gasteiger partial charge is 0.413 e. The van der Waals surface area contributed by atoms with Gasteiger partial charge in [0.05, 0.1) is 17.2 Å². The van der Waals surface area contributed by atoms with E-state index >= 15 is 0 Å². The molecule has 20 heavy (non-hydrogen) atoms. The van der Waals surface area contributed by atoms with Gasteiger partial charge in [0.2, 0.25) is 0 Å². The molecule has 1 unspecified atom stereocenters. The van der Waals surface area contributed by atoms with Crippen LogP contribution in [0, 0.1) is 6.92 Å². The van der Waals surface area contributed by atoms with Crippen molar-refractivity contribution in [1.29, 1.82) is 0 Å². The molecule has 1 saturated heterocycles. The third-order valence-electron chi connectivity index (χ3n) is 2.66. The Morgan fingerprint density at radius 3 is 2.90 bits per heavy atom. The molecule has 1 aliphatic heterocycles. The maximum atomic E-state index is 11.7. The molecule has 1 fully saturated rings. The Morgan fingerprint density at radius 1 is 1.55 bits per heavy atom. The van der Waals surface area contributed by atoms with Gasteiger partial charge >= 0.3 is 6.09 Å². The quantitative estimate of drug-likeness (QED) is 0.877. The van der Waals surface area contributed by atoms with E-state index in [1.807, 2.05) is 27.7 Å². The summed E-state index contributed by atoms with van der Waals surface area (Å²) in [5, 5.41) is 6.50. The van der Waals surface area contributed by atoms with E-state index < -0.39 is 11.7 Å². The van der Waals surface area contributed by atoms with E-state index in [-0.39, 0.29) is 6.10 Å². The number of amides is 1. The second kappa shape index (κ2) is 6.07. The molecule has 6 nitrogen and oxygen atoms in total. The molecule has 0 bridgehead atoms. The number of thiazole rings is 1. The highest BCUT2D eigenvalue weighted by Gasteiger charge is 2.23. The molecule has 1 aliphatic rings. The van der Waals surface area contributed by atoms with Crippen LogP contribution in [-0.4, -0.2) is 36.4 Å².